The number of carbonyl (C=O) groups excluding carboxylic acids is 2. The number of fused-ring (bicyclic) bond motifs is 1. The summed E-state index contributed by atoms with van der Waals surface area (Å²) in [6, 6.07) is 7.90. The number of halogens is 1. The number of nitriles is 1. The Hall–Kier alpha value is -2.22. The van der Waals surface area contributed by atoms with E-state index >= 15 is 0 Å². The van der Waals surface area contributed by atoms with Crippen LogP contribution in [0, 0.1) is 23.2 Å². The van der Waals surface area contributed by atoms with Gasteiger partial charge in [-0.2, -0.15) is 5.26 Å². The van der Waals surface area contributed by atoms with E-state index in [2.05, 4.69) is 21.2 Å². The first-order valence-electron chi connectivity index (χ1n) is 13.9. The molecular weight excluding hydrogens is 504 g/mol. The molecule has 4 fully saturated rings. The molecule has 2 amide bonds. The molecule has 0 radical (unpaired) electrons. The van der Waals surface area contributed by atoms with Crippen molar-refractivity contribution in [2.45, 2.75) is 44.3 Å². The molecule has 3 saturated heterocycles. The van der Waals surface area contributed by atoms with E-state index in [9.17, 15) is 14.9 Å². The number of carbonyl (C=O) groups is 2. The molecule has 3 aliphatic heterocycles. The molecule has 1 aliphatic carbocycles. The Morgan fingerprint density at radius 1 is 1.24 bits per heavy atom. The lowest BCUT2D eigenvalue weighted by Gasteiger charge is -2.47. The highest BCUT2D eigenvalue weighted by atomic mass is 35.5. The third kappa shape index (κ3) is 6.32. The number of hydrogen-bond donors (Lipinski definition) is 1. The first kappa shape index (κ1) is 27.4. The summed E-state index contributed by atoms with van der Waals surface area (Å²) in [6.07, 6.45) is 4.15. The summed E-state index contributed by atoms with van der Waals surface area (Å²) in [6.45, 7) is 8.06. The third-order valence-corrected chi connectivity index (χ3v) is 9.11. The maximum absolute atomic E-state index is 13.5. The Morgan fingerprint density at radius 3 is 2.79 bits per heavy atom. The van der Waals surface area contributed by atoms with Gasteiger partial charge in [-0.3, -0.25) is 19.8 Å². The predicted molar refractivity (Wildman–Crippen MR) is 144 cm³/mol. The van der Waals surface area contributed by atoms with Crippen LogP contribution in [-0.4, -0.2) is 110 Å². The third-order valence-electron chi connectivity index (χ3n) is 8.78. The first-order valence-corrected chi connectivity index (χ1v) is 14.3. The average molecular weight is 543 g/mol. The van der Waals surface area contributed by atoms with Crippen molar-refractivity contribution in [3.8, 4) is 6.07 Å². The number of benzene rings is 1. The molecular formula is C28H39ClN6O3. The lowest BCUT2D eigenvalue weighted by Crippen LogP contribution is -2.62. The number of rotatable bonds is 7. The van der Waals surface area contributed by atoms with Gasteiger partial charge in [-0.05, 0) is 49.3 Å². The Bertz CT molecular complexity index is 1050. The van der Waals surface area contributed by atoms with Crippen molar-refractivity contribution in [2.75, 3.05) is 66.2 Å². The molecule has 4 atom stereocenters. The van der Waals surface area contributed by atoms with Crippen LogP contribution in [0.1, 0.15) is 36.8 Å². The second-order valence-electron chi connectivity index (χ2n) is 11.3. The van der Waals surface area contributed by atoms with Gasteiger partial charge in [0.2, 0.25) is 11.8 Å². The molecule has 0 aromatic heterocycles. The standard InChI is InChI=1S/C28H39ClN6O3/c1-32(15-20-2-4-25(29)22(12-20)14-30)27(36)17-35-19-31-26-5-3-23(13-24(26)28(35)37)34-9-7-33(8-10-34)16-21-6-11-38-18-21/h2,4,12,21,23-24,26,31H,3,5-11,13,15-19H2,1H3. The van der Waals surface area contributed by atoms with E-state index in [1.807, 2.05) is 6.07 Å². The van der Waals surface area contributed by atoms with Gasteiger partial charge in [-0.1, -0.05) is 17.7 Å². The van der Waals surface area contributed by atoms with E-state index in [0.29, 0.717) is 35.8 Å². The summed E-state index contributed by atoms with van der Waals surface area (Å²) in [5.74, 6) is 0.571. The Labute approximate surface area is 230 Å². The molecule has 206 valence electrons. The van der Waals surface area contributed by atoms with E-state index in [4.69, 9.17) is 16.3 Å². The van der Waals surface area contributed by atoms with Crippen LogP contribution in [0.3, 0.4) is 0 Å². The molecule has 10 heteroatoms. The van der Waals surface area contributed by atoms with Crippen molar-refractivity contribution in [2.24, 2.45) is 11.8 Å². The molecule has 0 spiro atoms. The zero-order valence-electron chi connectivity index (χ0n) is 22.3. The average Bonchev–Trinajstić information content (AvgIpc) is 3.44. The number of likely N-dealkylation sites (N-methyl/N-ethyl adjacent to an activating group) is 1. The fraction of sp³-hybridized carbons (Fsp3) is 0.679. The summed E-state index contributed by atoms with van der Waals surface area (Å²) >= 11 is 6.03. The Kier molecular flexibility index (Phi) is 8.86. The van der Waals surface area contributed by atoms with Crippen molar-refractivity contribution in [3.63, 3.8) is 0 Å². The second kappa shape index (κ2) is 12.3. The van der Waals surface area contributed by atoms with Crippen LogP contribution in [0.5, 0.6) is 0 Å². The van der Waals surface area contributed by atoms with E-state index in [1.54, 1.807) is 29.0 Å². The number of ether oxygens (including phenoxy) is 1. The number of piperazine rings is 1. The molecule has 0 bridgehead atoms. The summed E-state index contributed by atoms with van der Waals surface area (Å²) < 4.78 is 5.54. The van der Waals surface area contributed by atoms with Gasteiger partial charge in [-0.15, -0.1) is 0 Å². The fourth-order valence-corrected chi connectivity index (χ4v) is 6.64. The quantitative estimate of drug-likeness (QED) is 0.561. The van der Waals surface area contributed by atoms with E-state index < -0.39 is 0 Å². The first-order chi connectivity index (χ1) is 18.4. The van der Waals surface area contributed by atoms with Gasteiger partial charge in [0.15, 0.2) is 0 Å². The second-order valence-corrected chi connectivity index (χ2v) is 11.7. The van der Waals surface area contributed by atoms with Crippen LogP contribution in [-0.2, 0) is 20.9 Å². The van der Waals surface area contributed by atoms with Crippen molar-refractivity contribution in [1.29, 1.82) is 5.26 Å². The minimum atomic E-state index is -0.122. The van der Waals surface area contributed by atoms with Crippen LogP contribution in [0.4, 0.5) is 0 Å². The van der Waals surface area contributed by atoms with Gasteiger partial charge in [-0.25, -0.2) is 0 Å². The van der Waals surface area contributed by atoms with Gasteiger partial charge in [0, 0.05) is 65.0 Å². The Morgan fingerprint density at radius 2 is 2.05 bits per heavy atom. The molecule has 1 aromatic carbocycles. The van der Waals surface area contributed by atoms with Crippen molar-refractivity contribution in [3.05, 3.63) is 34.3 Å². The molecule has 3 heterocycles. The van der Waals surface area contributed by atoms with Gasteiger partial charge in [0.1, 0.15) is 12.6 Å². The van der Waals surface area contributed by atoms with Crippen molar-refractivity contribution >= 4 is 23.4 Å². The minimum Gasteiger partial charge on any atom is -0.381 e. The zero-order chi connectivity index (χ0) is 26.6. The lowest BCUT2D eigenvalue weighted by atomic mass is 9.79. The molecule has 4 unspecified atom stereocenters. The maximum atomic E-state index is 13.5. The molecule has 38 heavy (non-hydrogen) atoms. The summed E-state index contributed by atoms with van der Waals surface area (Å²) in [5.41, 5.74) is 1.22. The van der Waals surface area contributed by atoms with Crippen LogP contribution < -0.4 is 5.32 Å². The summed E-state index contributed by atoms with van der Waals surface area (Å²) in [4.78, 5) is 34.9. The molecule has 4 aliphatic rings. The largest absolute Gasteiger partial charge is 0.381 e. The number of nitrogens with zero attached hydrogens (tertiary/aromatic N) is 5. The van der Waals surface area contributed by atoms with Crippen molar-refractivity contribution in [1.82, 2.24) is 24.9 Å². The highest BCUT2D eigenvalue weighted by Gasteiger charge is 2.43. The topological polar surface area (TPSA) is 92.2 Å². The monoisotopic (exact) mass is 542 g/mol. The predicted octanol–water partition coefficient (Wildman–Crippen LogP) is 1.75. The van der Waals surface area contributed by atoms with Gasteiger partial charge < -0.3 is 19.4 Å². The number of nitrogens with one attached hydrogen (secondary N) is 1. The summed E-state index contributed by atoms with van der Waals surface area (Å²) in [5, 5.41) is 13.1. The smallest absolute Gasteiger partial charge is 0.242 e. The normalized spacial score (nSPS) is 28.7. The van der Waals surface area contributed by atoms with Crippen LogP contribution in [0.25, 0.3) is 0 Å². The van der Waals surface area contributed by atoms with Crippen LogP contribution in [0.2, 0.25) is 5.02 Å². The van der Waals surface area contributed by atoms with E-state index in [-0.39, 0.29) is 30.3 Å². The molecule has 5 rings (SSSR count). The minimum absolute atomic E-state index is 0.0540. The Balaban J connectivity index is 1.11. The molecule has 9 nitrogen and oxygen atoms in total. The van der Waals surface area contributed by atoms with Crippen LogP contribution >= 0.6 is 11.6 Å². The fourth-order valence-electron chi connectivity index (χ4n) is 6.48. The number of hydrogen-bond acceptors (Lipinski definition) is 7. The van der Waals surface area contributed by atoms with E-state index in [0.717, 1.165) is 70.8 Å². The lowest BCUT2D eigenvalue weighted by molar-refractivity contribution is -0.148. The zero-order valence-corrected chi connectivity index (χ0v) is 23.0. The number of amides is 2. The summed E-state index contributed by atoms with van der Waals surface area (Å²) in [7, 11) is 1.73. The van der Waals surface area contributed by atoms with Gasteiger partial charge in [0.25, 0.3) is 0 Å². The van der Waals surface area contributed by atoms with Crippen molar-refractivity contribution < 1.29 is 14.3 Å². The molecule has 1 saturated carbocycles. The molecule has 1 N–H and O–H groups in total. The SMILES string of the molecule is CN(Cc1ccc(Cl)c(C#N)c1)C(=O)CN1CNC2CCC(N3CCN(CC4CCOC4)CC3)CC2C1=O. The molecule has 1 aromatic rings. The van der Waals surface area contributed by atoms with Gasteiger partial charge in [0.05, 0.1) is 29.8 Å². The highest BCUT2D eigenvalue weighted by molar-refractivity contribution is 6.31. The van der Waals surface area contributed by atoms with Crippen LogP contribution in [0.15, 0.2) is 18.2 Å². The van der Waals surface area contributed by atoms with Gasteiger partial charge >= 0.3 is 0 Å². The van der Waals surface area contributed by atoms with E-state index in [1.165, 1.54) is 6.42 Å². The highest BCUT2D eigenvalue weighted by Crippen LogP contribution is 2.32. The maximum Gasteiger partial charge on any atom is 0.242 e.